The molecule has 0 radical (unpaired) electrons. The number of H-pyrrole nitrogens is 1. The molecule has 0 saturated heterocycles. The molecule has 0 aromatic carbocycles. The standard InChI is InChI=1S/C12H15ClN2O2/c13-10-2-1-8(5-10)7-15-12(17)9-3-4-14-11(16)6-9/h3-4,6,8,10H,1-2,5,7H2,(H,14,16)(H,15,17). The van der Waals surface area contributed by atoms with E-state index in [0.29, 0.717) is 18.0 Å². The number of alkyl halides is 1. The third kappa shape index (κ3) is 3.33. The van der Waals surface area contributed by atoms with Crippen molar-refractivity contribution in [1.29, 1.82) is 0 Å². The van der Waals surface area contributed by atoms with E-state index in [0.717, 1.165) is 19.3 Å². The molecular weight excluding hydrogens is 240 g/mol. The quantitative estimate of drug-likeness (QED) is 0.804. The maximum absolute atomic E-state index is 11.7. The Labute approximate surface area is 104 Å². The summed E-state index contributed by atoms with van der Waals surface area (Å²) < 4.78 is 0. The van der Waals surface area contributed by atoms with Crippen LogP contribution in [0.15, 0.2) is 23.1 Å². The van der Waals surface area contributed by atoms with E-state index in [1.807, 2.05) is 0 Å². The zero-order valence-electron chi connectivity index (χ0n) is 9.41. The van der Waals surface area contributed by atoms with Crippen LogP contribution in [0.1, 0.15) is 29.6 Å². The molecule has 5 heteroatoms. The molecule has 4 nitrogen and oxygen atoms in total. The number of halogens is 1. The lowest BCUT2D eigenvalue weighted by Gasteiger charge is -2.10. The molecule has 0 bridgehead atoms. The third-order valence-electron chi connectivity index (χ3n) is 3.07. The van der Waals surface area contributed by atoms with E-state index in [1.54, 1.807) is 6.07 Å². The van der Waals surface area contributed by atoms with Gasteiger partial charge < -0.3 is 10.3 Å². The monoisotopic (exact) mass is 254 g/mol. The summed E-state index contributed by atoms with van der Waals surface area (Å²) in [5.74, 6) is 0.262. The lowest BCUT2D eigenvalue weighted by Crippen LogP contribution is -2.29. The minimum Gasteiger partial charge on any atom is -0.352 e. The molecule has 1 saturated carbocycles. The Balaban J connectivity index is 1.87. The van der Waals surface area contributed by atoms with E-state index >= 15 is 0 Å². The highest BCUT2D eigenvalue weighted by Crippen LogP contribution is 2.28. The zero-order valence-corrected chi connectivity index (χ0v) is 10.2. The SMILES string of the molecule is O=C(NCC1CCC(Cl)C1)c1cc[nH]c(=O)c1. The predicted octanol–water partition coefficient (Wildman–Crippen LogP) is 1.51. The third-order valence-corrected chi connectivity index (χ3v) is 3.46. The number of hydrogen-bond acceptors (Lipinski definition) is 2. The van der Waals surface area contributed by atoms with Gasteiger partial charge >= 0.3 is 0 Å². The average molecular weight is 255 g/mol. The number of nitrogens with one attached hydrogen (secondary N) is 2. The first-order valence-electron chi connectivity index (χ1n) is 5.76. The first-order chi connectivity index (χ1) is 8.15. The summed E-state index contributed by atoms with van der Waals surface area (Å²) >= 11 is 6.00. The lowest BCUT2D eigenvalue weighted by atomic mass is 10.1. The Morgan fingerprint density at radius 2 is 2.35 bits per heavy atom. The number of carbonyl (C=O) groups excluding carboxylic acids is 1. The molecule has 0 spiro atoms. The van der Waals surface area contributed by atoms with E-state index in [2.05, 4.69) is 10.3 Å². The van der Waals surface area contributed by atoms with Crippen LogP contribution in [0.5, 0.6) is 0 Å². The molecule has 2 N–H and O–H groups in total. The van der Waals surface area contributed by atoms with Gasteiger partial charge in [0.05, 0.1) is 0 Å². The fourth-order valence-corrected chi connectivity index (χ4v) is 2.50. The minimum absolute atomic E-state index is 0.200. The summed E-state index contributed by atoms with van der Waals surface area (Å²) in [5, 5.41) is 3.09. The molecule has 17 heavy (non-hydrogen) atoms. The molecule has 1 aromatic rings. The van der Waals surface area contributed by atoms with Gasteiger partial charge in [-0.3, -0.25) is 9.59 Å². The highest BCUT2D eigenvalue weighted by molar-refractivity contribution is 6.20. The fraction of sp³-hybridized carbons (Fsp3) is 0.500. The Hall–Kier alpha value is -1.29. The van der Waals surface area contributed by atoms with Crippen LogP contribution in [0.3, 0.4) is 0 Å². The van der Waals surface area contributed by atoms with Crippen LogP contribution in [-0.2, 0) is 0 Å². The minimum atomic E-state index is -0.265. The van der Waals surface area contributed by atoms with Crippen LogP contribution in [0.4, 0.5) is 0 Å². The van der Waals surface area contributed by atoms with Crippen molar-refractivity contribution in [2.24, 2.45) is 5.92 Å². The number of amides is 1. The Bertz CT molecular complexity index is 458. The molecule has 1 aliphatic carbocycles. The molecule has 2 atom stereocenters. The van der Waals surface area contributed by atoms with Gasteiger partial charge in [0, 0.05) is 29.7 Å². The van der Waals surface area contributed by atoms with Gasteiger partial charge in [-0.15, -0.1) is 11.6 Å². The number of pyridine rings is 1. The number of aromatic amines is 1. The van der Waals surface area contributed by atoms with Crippen LogP contribution < -0.4 is 10.9 Å². The Kier molecular flexibility index (Phi) is 3.84. The van der Waals surface area contributed by atoms with Gasteiger partial charge in [-0.1, -0.05) is 0 Å². The van der Waals surface area contributed by atoms with E-state index < -0.39 is 0 Å². The fourth-order valence-electron chi connectivity index (χ4n) is 2.12. The first kappa shape index (κ1) is 12.2. The highest BCUT2D eigenvalue weighted by Gasteiger charge is 2.23. The topological polar surface area (TPSA) is 62.0 Å². The summed E-state index contributed by atoms with van der Waals surface area (Å²) in [4.78, 5) is 25.3. The summed E-state index contributed by atoms with van der Waals surface area (Å²) in [6.07, 6.45) is 4.51. The van der Waals surface area contributed by atoms with Crippen LogP contribution in [0.25, 0.3) is 0 Å². The van der Waals surface area contributed by atoms with Crippen molar-refractivity contribution in [1.82, 2.24) is 10.3 Å². The normalized spacial score (nSPS) is 23.6. The van der Waals surface area contributed by atoms with Crippen LogP contribution in [0.2, 0.25) is 0 Å². The molecule has 1 aliphatic rings. The smallest absolute Gasteiger partial charge is 0.251 e. The van der Waals surface area contributed by atoms with Gasteiger partial charge in [0.15, 0.2) is 0 Å². The van der Waals surface area contributed by atoms with Crippen molar-refractivity contribution in [2.45, 2.75) is 24.6 Å². The molecule has 1 aromatic heterocycles. The molecular formula is C12H15ClN2O2. The molecule has 2 rings (SSSR count). The van der Waals surface area contributed by atoms with Crippen LogP contribution >= 0.6 is 11.6 Å². The maximum Gasteiger partial charge on any atom is 0.251 e. The van der Waals surface area contributed by atoms with E-state index in [1.165, 1.54) is 12.3 Å². The van der Waals surface area contributed by atoms with Gasteiger partial charge in [-0.05, 0) is 31.2 Å². The summed E-state index contributed by atoms with van der Waals surface area (Å²) in [6, 6.07) is 2.89. The van der Waals surface area contributed by atoms with Crippen molar-refractivity contribution in [3.8, 4) is 0 Å². The number of hydrogen-bond donors (Lipinski definition) is 2. The van der Waals surface area contributed by atoms with Crippen molar-refractivity contribution >= 4 is 17.5 Å². The number of carbonyl (C=O) groups is 1. The van der Waals surface area contributed by atoms with Gasteiger partial charge in [-0.2, -0.15) is 0 Å². The van der Waals surface area contributed by atoms with Crippen molar-refractivity contribution in [3.63, 3.8) is 0 Å². The molecule has 92 valence electrons. The van der Waals surface area contributed by atoms with Crippen LogP contribution in [-0.4, -0.2) is 22.8 Å². The van der Waals surface area contributed by atoms with E-state index in [4.69, 9.17) is 11.6 Å². The maximum atomic E-state index is 11.7. The van der Waals surface area contributed by atoms with Crippen molar-refractivity contribution in [3.05, 3.63) is 34.2 Å². The van der Waals surface area contributed by atoms with Gasteiger partial charge in [0.2, 0.25) is 5.56 Å². The zero-order chi connectivity index (χ0) is 12.3. The second-order valence-corrected chi connectivity index (χ2v) is 5.05. The molecule has 1 fully saturated rings. The van der Waals surface area contributed by atoms with Gasteiger partial charge in [0.25, 0.3) is 5.91 Å². The van der Waals surface area contributed by atoms with E-state index in [-0.39, 0.29) is 16.8 Å². The van der Waals surface area contributed by atoms with E-state index in [9.17, 15) is 9.59 Å². The second-order valence-electron chi connectivity index (χ2n) is 4.43. The highest BCUT2D eigenvalue weighted by atomic mass is 35.5. The van der Waals surface area contributed by atoms with Gasteiger partial charge in [-0.25, -0.2) is 0 Å². The number of aromatic nitrogens is 1. The number of rotatable bonds is 3. The lowest BCUT2D eigenvalue weighted by molar-refractivity contribution is 0.0947. The first-order valence-corrected chi connectivity index (χ1v) is 6.20. The molecule has 1 heterocycles. The molecule has 2 unspecified atom stereocenters. The van der Waals surface area contributed by atoms with Gasteiger partial charge in [0.1, 0.15) is 0 Å². The van der Waals surface area contributed by atoms with Crippen molar-refractivity contribution < 1.29 is 4.79 Å². The van der Waals surface area contributed by atoms with Crippen LogP contribution in [0, 0.1) is 5.92 Å². The summed E-state index contributed by atoms with van der Waals surface area (Å²) in [5.41, 5.74) is 0.133. The predicted molar refractivity (Wildman–Crippen MR) is 66.4 cm³/mol. The second kappa shape index (κ2) is 5.36. The summed E-state index contributed by atoms with van der Waals surface area (Å²) in [7, 11) is 0. The molecule has 1 amide bonds. The Morgan fingerprint density at radius 1 is 1.53 bits per heavy atom. The van der Waals surface area contributed by atoms with Crippen molar-refractivity contribution in [2.75, 3.05) is 6.54 Å². The average Bonchev–Trinajstić information content (AvgIpc) is 2.72. The summed E-state index contributed by atoms with van der Waals surface area (Å²) in [6.45, 7) is 0.634. The Morgan fingerprint density at radius 3 is 3.00 bits per heavy atom. The largest absolute Gasteiger partial charge is 0.352 e. The molecule has 0 aliphatic heterocycles.